The Morgan fingerprint density at radius 3 is 2.30 bits per heavy atom. The first-order valence-electron chi connectivity index (χ1n) is 6.83. The van der Waals surface area contributed by atoms with E-state index in [-0.39, 0.29) is 0 Å². The number of urea groups is 1. The molecule has 2 aromatic rings. The van der Waals surface area contributed by atoms with E-state index in [9.17, 15) is 17.8 Å². The van der Waals surface area contributed by atoms with Gasteiger partial charge in [-0.05, 0) is 48.9 Å². The summed E-state index contributed by atoms with van der Waals surface area (Å²) in [5.41, 5.74) is 0.991. The average molecular weight is 338 g/mol. The number of amides is 2. The number of anilines is 1. The topological polar surface area (TPSA) is 58.2 Å². The molecule has 0 spiro atoms. The highest BCUT2D eigenvalue weighted by Gasteiger charge is 2.12. The summed E-state index contributed by atoms with van der Waals surface area (Å²) in [5, 5.41) is 5.25. The quantitative estimate of drug-likeness (QED) is 0.895. The summed E-state index contributed by atoms with van der Waals surface area (Å²) in [6.45, 7) is 1.66. The van der Waals surface area contributed by atoms with Gasteiger partial charge in [-0.1, -0.05) is 6.07 Å². The van der Waals surface area contributed by atoms with Crippen molar-refractivity contribution in [2.45, 2.75) is 17.9 Å². The van der Waals surface area contributed by atoms with Crippen LogP contribution < -0.4 is 10.6 Å². The molecule has 2 aromatic carbocycles. The minimum absolute atomic E-state index is 0.454. The lowest BCUT2D eigenvalue weighted by molar-refractivity contribution is 0.249. The van der Waals surface area contributed by atoms with Crippen molar-refractivity contribution in [1.82, 2.24) is 5.32 Å². The minimum Gasteiger partial charge on any atom is -0.331 e. The van der Waals surface area contributed by atoms with Crippen LogP contribution in [0.2, 0.25) is 0 Å². The Morgan fingerprint density at radius 1 is 1.09 bits per heavy atom. The number of nitrogens with one attached hydrogen (secondary N) is 2. The van der Waals surface area contributed by atoms with E-state index >= 15 is 0 Å². The summed E-state index contributed by atoms with van der Waals surface area (Å²) in [7, 11) is -1.08. The van der Waals surface area contributed by atoms with E-state index in [0.717, 1.165) is 12.1 Å². The van der Waals surface area contributed by atoms with Crippen molar-refractivity contribution >= 4 is 22.5 Å². The van der Waals surface area contributed by atoms with Gasteiger partial charge in [0.25, 0.3) is 0 Å². The molecule has 0 unspecified atom stereocenters. The molecule has 0 aliphatic heterocycles. The molecular formula is C16H16F2N2O2S. The summed E-state index contributed by atoms with van der Waals surface area (Å²) in [5.74, 6) is -1.89. The third-order valence-corrected chi connectivity index (χ3v) is 4.17. The van der Waals surface area contributed by atoms with Crippen LogP contribution in [0.1, 0.15) is 18.5 Å². The number of rotatable bonds is 4. The first kappa shape index (κ1) is 17.1. The van der Waals surface area contributed by atoms with Crippen molar-refractivity contribution in [3.63, 3.8) is 0 Å². The normalized spacial score (nSPS) is 13.2. The van der Waals surface area contributed by atoms with Gasteiger partial charge in [0.15, 0.2) is 11.6 Å². The summed E-state index contributed by atoms with van der Waals surface area (Å²) in [6.07, 6.45) is 1.57. The van der Waals surface area contributed by atoms with Gasteiger partial charge >= 0.3 is 6.03 Å². The SMILES string of the molecule is C[C@@H](NC(=O)Nc1ccc([S@](C)=O)cc1)c1ccc(F)c(F)c1. The van der Waals surface area contributed by atoms with E-state index in [4.69, 9.17) is 0 Å². The summed E-state index contributed by atoms with van der Waals surface area (Å²) in [4.78, 5) is 12.6. The maximum Gasteiger partial charge on any atom is 0.319 e. The van der Waals surface area contributed by atoms with E-state index in [1.807, 2.05) is 0 Å². The molecule has 4 nitrogen and oxygen atoms in total. The largest absolute Gasteiger partial charge is 0.331 e. The smallest absolute Gasteiger partial charge is 0.319 e. The molecule has 0 aliphatic rings. The van der Waals surface area contributed by atoms with Crippen molar-refractivity contribution in [3.05, 3.63) is 59.7 Å². The molecule has 0 aromatic heterocycles. The third kappa shape index (κ3) is 4.59. The Balaban J connectivity index is 1.98. The van der Waals surface area contributed by atoms with Crippen molar-refractivity contribution in [2.24, 2.45) is 0 Å². The molecule has 0 radical (unpaired) electrons. The van der Waals surface area contributed by atoms with Crippen LogP contribution in [0.15, 0.2) is 47.4 Å². The van der Waals surface area contributed by atoms with Gasteiger partial charge in [0.05, 0.1) is 6.04 Å². The van der Waals surface area contributed by atoms with Gasteiger partial charge in [-0.15, -0.1) is 0 Å². The Hall–Kier alpha value is -2.28. The standard InChI is InChI=1S/C16H16F2N2O2S/c1-10(11-3-8-14(17)15(18)9-11)19-16(21)20-12-4-6-13(7-5-12)23(2)22/h3-10H,1-2H3,(H2,19,20,21)/t10-,23+/m1/s1. The van der Waals surface area contributed by atoms with Crippen LogP contribution in [0.5, 0.6) is 0 Å². The first-order valence-corrected chi connectivity index (χ1v) is 8.38. The average Bonchev–Trinajstić information content (AvgIpc) is 2.50. The second-order valence-electron chi connectivity index (χ2n) is 4.97. The van der Waals surface area contributed by atoms with Crippen LogP contribution in [0.3, 0.4) is 0 Å². The molecule has 0 fully saturated rings. The Morgan fingerprint density at radius 2 is 1.74 bits per heavy atom. The summed E-state index contributed by atoms with van der Waals surface area (Å²) in [6, 6.07) is 9.09. The monoisotopic (exact) mass is 338 g/mol. The lowest BCUT2D eigenvalue weighted by atomic mass is 10.1. The highest BCUT2D eigenvalue weighted by atomic mass is 32.2. The predicted octanol–water partition coefficient (Wildman–Crippen LogP) is 3.58. The van der Waals surface area contributed by atoms with Crippen LogP contribution >= 0.6 is 0 Å². The second-order valence-corrected chi connectivity index (χ2v) is 6.35. The molecule has 7 heteroatoms. The first-order chi connectivity index (χ1) is 10.9. The van der Waals surface area contributed by atoms with Gasteiger partial charge in [0.1, 0.15) is 0 Å². The molecule has 122 valence electrons. The fraction of sp³-hybridized carbons (Fsp3) is 0.188. The Labute approximate surface area is 135 Å². The van der Waals surface area contributed by atoms with Crippen LogP contribution in [0.25, 0.3) is 0 Å². The molecule has 0 saturated heterocycles. The van der Waals surface area contributed by atoms with Crippen molar-refractivity contribution in [1.29, 1.82) is 0 Å². The fourth-order valence-electron chi connectivity index (χ4n) is 1.96. The fourth-order valence-corrected chi connectivity index (χ4v) is 2.48. The van der Waals surface area contributed by atoms with E-state index in [1.54, 1.807) is 37.4 Å². The number of benzene rings is 2. The van der Waals surface area contributed by atoms with Gasteiger partial charge in [0.2, 0.25) is 0 Å². The van der Waals surface area contributed by atoms with Crippen molar-refractivity contribution in [3.8, 4) is 0 Å². The molecule has 2 rings (SSSR count). The van der Waals surface area contributed by atoms with Gasteiger partial charge in [-0.25, -0.2) is 13.6 Å². The Kier molecular flexibility index (Phi) is 5.44. The van der Waals surface area contributed by atoms with E-state index in [1.165, 1.54) is 6.07 Å². The Bertz CT molecular complexity index is 735. The highest BCUT2D eigenvalue weighted by molar-refractivity contribution is 7.84. The zero-order chi connectivity index (χ0) is 17.0. The molecule has 2 N–H and O–H groups in total. The van der Waals surface area contributed by atoms with E-state index in [2.05, 4.69) is 10.6 Å². The molecule has 2 atom stereocenters. The summed E-state index contributed by atoms with van der Waals surface area (Å²) < 4.78 is 37.4. The molecule has 0 aliphatic carbocycles. The number of carbonyl (C=O) groups is 1. The second kappa shape index (κ2) is 7.32. The lowest BCUT2D eigenvalue weighted by Gasteiger charge is -2.15. The van der Waals surface area contributed by atoms with Gasteiger partial charge in [0, 0.05) is 27.6 Å². The molecule has 0 saturated carbocycles. The number of carbonyl (C=O) groups excluding carboxylic acids is 1. The highest BCUT2D eigenvalue weighted by Crippen LogP contribution is 2.17. The maximum absolute atomic E-state index is 13.2. The van der Waals surface area contributed by atoms with Crippen LogP contribution in [-0.2, 0) is 10.8 Å². The maximum atomic E-state index is 13.2. The van der Waals surface area contributed by atoms with Crippen molar-refractivity contribution in [2.75, 3.05) is 11.6 Å². The van der Waals surface area contributed by atoms with E-state index in [0.29, 0.717) is 16.1 Å². The molecular weight excluding hydrogens is 322 g/mol. The summed E-state index contributed by atoms with van der Waals surface area (Å²) >= 11 is 0. The predicted molar refractivity (Wildman–Crippen MR) is 85.7 cm³/mol. The number of hydrogen-bond acceptors (Lipinski definition) is 2. The molecule has 0 heterocycles. The third-order valence-electron chi connectivity index (χ3n) is 3.24. The zero-order valence-electron chi connectivity index (χ0n) is 12.6. The van der Waals surface area contributed by atoms with Gasteiger partial charge in [-0.3, -0.25) is 4.21 Å². The van der Waals surface area contributed by atoms with Crippen molar-refractivity contribution < 1.29 is 17.8 Å². The van der Waals surface area contributed by atoms with Crippen LogP contribution in [0.4, 0.5) is 19.3 Å². The van der Waals surface area contributed by atoms with Crippen LogP contribution in [-0.4, -0.2) is 16.5 Å². The lowest BCUT2D eigenvalue weighted by Crippen LogP contribution is -2.31. The number of halogens is 2. The minimum atomic E-state index is -1.08. The zero-order valence-corrected chi connectivity index (χ0v) is 13.4. The number of hydrogen-bond donors (Lipinski definition) is 2. The molecule has 0 bridgehead atoms. The molecule has 23 heavy (non-hydrogen) atoms. The van der Waals surface area contributed by atoms with Gasteiger partial charge < -0.3 is 10.6 Å². The van der Waals surface area contributed by atoms with Crippen LogP contribution in [0, 0.1) is 11.6 Å². The molecule has 2 amide bonds. The van der Waals surface area contributed by atoms with E-state index < -0.39 is 34.5 Å². The van der Waals surface area contributed by atoms with Gasteiger partial charge in [-0.2, -0.15) is 0 Å².